The molecule has 0 saturated heterocycles. The van der Waals surface area contributed by atoms with E-state index in [1.165, 1.54) is 0 Å². The van der Waals surface area contributed by atoms with E-state index < -0.39 is 33.4 Å². The summed E-state index contributed by atoms with van der Waals surface area (Å²) in [5.41, 5.74) is -2.71. The SMILES string of the molecule is Fc1nc(I)c(C(F)(F)F)cc1C(F)F. The fraction of sp³-hybridized carbons (Fsp3) is 0.286. The number of hydrogen-bond acceptors (Lipinski definition) is 1. The van der Waals surface area contributed by atoms with Crippen molar-refractivity contribution in [2.75, 3.05) is 0 Å². The monoisotopic (exact) mass is 341 g/mol. The van der Waals surface area contributed by atoms with Crippen molar-refractivity contribution in [1.29, 1.82) is 0 Å². The summed E-state index contributed by atoms with van der Waals surface area (Å²) in [4.78, 5) is 2.78. The van der Waals surface area contributed by atoms with Gasteiger partial charge in [-0.2, -0.15) is 17.6 Å². The summed E-state index contributed by atoms with van der Waals surface area (Å²) < 4.78 is 72.8. The molecule has 0 radical (unpaired) electrons. The predicted octanol–water partition coefficient (Wildman–Crippen LogP) is 3.78. The van der Waals surface area contributed by atoms with Gasteiger partial charge in [0.25, 0.3) is 6.43 Å². The Balaban J connectivity index is 3.37. The molecule has 0 fully saturated rings. The molecule has 0 atom stereocenters. The van der Waals surface area contributed by atoms with Crippen LogP contribution < -0.4 is 0 Å². The van der Waals surface area contributed by atoms with Gasteiger partial charge in [-0.15, -0.1) is 0 Å². The zero-order valence-electron chi connectivity index (χ0n) is 6.75. The molecule has 0 amide bonds. The van der Waals surface area contributed by atoms with Crippen LogP contribution in [0, 0.1) is 9.65 Å². The lowest BCUT2D eigenvalue weighted by Crippen LogP contribution is -2.11. The van der Waals surface area contributed by atoms with Crippen molar-refractivity contribution in [3.05, 3.63) is 26.8 Å². The fourth-order valence-corrected chi connectivity index (χ4v) is 1.51. The molecule has 0 saturated carbocycles. The second-order valence-corrected chi connectivity index (χ2v) is 3.53. The first kappa shape index (κ1) is 12.5. The maximum atomic E-state index is 12.7. The molecule has 0 aliphatic carbocycles. The summed E-state index contributed by atoms with van der Waals surface area (Å²) >= 11 is 1.14. The van der Waals surface area contributed by atoms with Crippen molar-refractivity contribution in [2.24, 2.45) is 0 Å². The molecule has 1 aromatic heterocycles. The Hall–Kier alpha value is -0.540. The highest BCUT2D eigenvalue weighted by atomic mass is 127. The van der Waals surface area contributed by atoms with Gasteiger partial charge in [0.2, 0.25) is 5.95 Å². The van der Waals surface area contributed by atoms with E-state index in [0.29, 0.717) is 0 Å². The molecule has 1 aromatic rings. The molecule has 1 nitrogen and oxygen atoms in total. The smallest absolute Gasteiger partial charge is 0.213 e. The Morgan fingerprint density at radius 1 is 1.27 bits per heavy atom. The van der Waals surface area contributed by atoms with Gasteiger partial charge >= 0.3 is 6.18 Å². The highest BCUT2D eigenvalue weighted by molar-refractivity contribution is 14.1. The zero-order valence-corrected chi connectivity index (χ0v) is 8.91. The third-order valence-corrected chi connectivity index (χ3v) is 2.32. The van der Waals surface area contributed by atoms with Gasteiger partial charge in [0, 0.05) is 0 Å². The number of halogens is 7. The van der Waals surface area contributed by atoms with Crippen molar-refractivity contribution in [1.82, 2.24) is 4.98 Å². The lowest BCUT2D eigenvalue weighted by Gasteiger charge is -2.10. The van der Waals surface area contributed by atoms with E-state index in [1.54, 1.807) is 0 Å². The van der Waals surface area contributed by atoms with Crippen molar-refractivity contribution in [3.8, 4) is 0 Å². The van der Waals surface area contributed by atoms with Crippen molar-refractivity contribution >= 4 is 22.6 Å². The van der Waals surface area contributed by atoms with E-state index >= 15 is 0 Å². The average Bonchev–Trinajstić information content (AvgIpc) is 2.00. The minimum absolute atomic E-state index is 0.0781. The van der Waals surface area contributed by atoms with E-state index in [9.17, 15) is 26.3 Å². The standard InChI is InChI=1S/C7H2F6IN/c8-4(9)2-1-3(7(11,12)13)6(14)15-5(2)10/h1,4H. The molecule has 0 aliphatic heterocycles. The van der Waals surface area contributed by atoms with Gasteiger partial charge in [-0.25, -0.2) is 13.8 Å². The van der Waals surface area contributed by atoms with Gasteiger partial charge in [-0.05, 0) is 28.7 Å². The first-order valence-corrected chi connectivity index (χ1v) is 4.52. The average molecular weight is 341 g/mol. The maximum absolute atomic E-state index is 12.7. The van der Waals surface area contributed by atoms with Crippen LogP contribution in [0.5, 0.6) is 0 Å². The zero-order chi connectivity index (χ0) is 11.8. The minimum atomic E-state index is -4.82. The Morgan fingerprint density at radius 3 is 2.20 bits per heavy atom. The Kier molecular flexibility index (Phi) is 3.46. The van der Waals surface area contributed by atoms with Gasteiger partial charge in [-0.1, -0.05) is 0 Å². The van der Waals surface area contributed by atoms with Crippen LogP contribution in [0.4, 0.5) is 26.3 Å². The summed E-state index contributed by atoms with van der Waals surface area (Å²) in [6, 6.07) is 0.0781. The number of aromatic nitrogens is 1. The van der Waals surface area contributed by atoms with Gasteiger partial charge in [0.15, 0.2) is 0 Å². The summed E-state index contributed by atoms with van der Waals surface area (Å²) in [5, 5.41) is 0. The number of rotatable bonds is 1. The lowest BCUT2D eigenvalue weighted by molar-refractivity contribution is -0.138. The van der Waals surface area contributed by atoms with Gasteiger partial charge in [0.1, 0.15) is 3.70 Å². The van der Waals surface area contributed by atoms with Crippen LogP contribution in [0.3, 0.4) is 0 Å². The van der Waals surface area contributed by atoms with Crippen LogP contribution >= 0.6 is 22.6 Å². The predicted molar refractivity (Wildman–Crippen MR) is 46.9 cm³/mol. The first-order valence-electron chi connectivity index (χ1n) is 3.44. The maximum Gasteiger partial charge on any atom is 0.418 e. The largest absolute Gasteiger partial charge is 0.418 e. The van der Waals surface area contributed by atoms with Crippen molar-refractivity contribution < 1.29 is 26.3 Å². The molecule has 15 heavy (non-hydrogen) atoms. The number of pyridine rings is 1. The molecular weight excluding hydrogens is 339 g/mol. The normalized spacial score (nSPS) is 12.3. The molecule has 0 aromatic carbocycles. The lowest BCUT2D eigenvalue weighted by atomic mass is 10.2. The Bertz CT molecular complexity index is 374. The van der Waals surface area contributed by atoms with Crippen LogP contribution in [0.2, 0.25) is 0 Å². The second kappa shape index (κ2) is 4.14. The molecule has 0 N–H and O–H groups in total. The molecule has 1 rings (SSSR count). The molecular formula is C7H2F6IN. The summed E-state index contributed by atoms with van der Waals surface area (Å²) in [6.07, 6.45) is -8.14. The number of hydrogen-bond donors (Lipinski definition) is 0. The van der Waals surface area contributed by atoms with Crippen LogP contribution in [-0.4, -0.2) is 4.98 Å². The molecule has 8 heteroatoms. The van der Waals surface area contributed by atoms with Gasteiger partial charge in [-0.3, -0.25) is 0 Å². The minimum Gasteiger partial charge on any atom is -0.213 e. The molecule has 1 heterocycles. The molecule has 0 bridgehead atoms. The number of alkyl halides is 5. The molecule has 0 spiro atoms. The fourth-order valence-electron chi connectivity index (χ4n) is 0.837. The van der Waals surface area contributed by atoms with Crippen molar-refractivity contribution in [2.45, 2.75) is 12.6 Å². The van der Waals surface area contributed by atoms with Gasteiger partial charge < -0.3 is 0 Å². The molecule has 0 unspecified atom stereocenters. The topological polar surface area (TPSA) is 12.9 Å². The van der Waals surface area contributed by atoms with E-state index in [2.05, 4.69) is 4.98 Å². The number of nitrogens with zero attached hydrogens (tertiary/aromatic N) is 1. The second-order valence-electron chi connectivity index (χ2n) is 2.51. The van der Waals surface area contributed by atoms with Crippen LogP contribution in [0.15, 0.2) is 6.07 Å². The molecule has 84 valence electrons. The summed E-state index contributed by atoms with van der Waals surface area (Å²) in [5.74, 6) is -1.58. The van der Waals surface area contributed by atoms with E-state index in [-0.39, 0.29) is 6.07 Å². The quantitative estimate of drug-likeness (QED) is 0.430. The van der Waals surface area contributed by atoms with Crippen LogP contribution in [0.1, 0.15) is 17.6 Å². The van der Waals surface area contributed by atoms with Crippen LogP contribution in [-0.2, 0) is 6.18 Å². The Labute approximate surface area is 93.6 Å². The van der Waals surface area contributed by atoms with E-state index in [0.717, 1.165) is 22.6 Å². The highest BCUT2D eigenvalue weighted by Crippen LogP contribution is 2.34. The van der Waals surface area contributed by atoms with Crippen LogP contribution in [0.25, 0.3) is 0 Å². The summed E-state index contributed by atoms with van der Waals surface area (Å²) in [7, 11) is 0. The summed E-state index contributed by atoms with van der Waals surface area (Å²) in [6.45, 7) is 0. The Morgan fingerprint density at radius 2 is 1.80 bits per heavy atom. The van der Waals surface area contributed by atoms with E-state index in [4.69, 9.17) is 0 Å². The van der Waals surface area contributed by atoms with Gasteiger partial charge in [0.05, 0.1) is 11.1 Å². The third-order valence-electron chi connectivity index (χ3n) is 1.50. The molecule has 0 aliphatic rings. The van der Waals surface area contributed by atoms with E-state index in [1.807, 2.05) is 0 Å². The third kappa shape index (κ3) is 2.73. The van der Waals surface area contributed by atoms with Crippen molar-refractivity contribution in [3.63, 3.8) is 0 Å². The highest BCUT2D eigenvalue weighted by Gasteiger charge is 2.35. The first-order chi connectivity index (χ1) is 6.73.